The highest BCUT2D eigenvalue weighted by Gasteiger charge is 2.19. The number of amides is 1. The molecule has 35 heavy (non-hydrogen) atoms. The Hall–Kier alpha value is -4.19. The Labute approximate surface area is 205 Å². The number of para-hydroxylation sites is 2. The van der Waals surface area contributed by atoms with E-state index in [0.29, 0.717) is 23.8 Å². The van der Waals surface area contributed by atoms with Crippen LogP contribution in [0.3, 0.4) is 0 Å². The van der Waals surface area contributed by atoms with Gasteiger partial charge in [-0.15, -0.1) is 0 Å². The standard InChI is InChI=1S/C29H29NO5/c1-6-34-28-19(3)29-23(24(17-35-29)20-10-9-11-21(15-20)32-4)16-22(28)18(2)14-27(31)30-25-12-7-8-13-26(25)33-5/h7-17H,6H2,1-5H3,(H,30,31)/b18-14+. The lowest BCUT2D eigenvalue weighted by atomic mass is 9.96. The highest BCUT2D eigenvalue weighted by Crippen LogP contribution is 2.41. The molecule has 4 rings (SSSR count). The molecule has 0 aliphatic rings. The van der Waals surface area contributed by atoms with Crippen LogP contribution in [-0.2, 0) is 4.79 Å². The average molecular weight is 472 g/mol. The molecule has 3 aromatic carbocycles. The molecule has 1 aromatic heterocycles. The number of nitrogens with one attached hydrogen (secondary N) is 1. The van der Waals surface area contributed by atoms with Crippen molar-refractivity contribution < 1.29 is 23.4 Å². The van der Waals surface area contributed by atoms with Crippen molar-refractivity contribution in [3.05, 3.63) is 78.1 Å². The van der Waals surface area contributed by atoms with Crippen LogP contribution in [0.2, 0.25) is 0 Å². The monoisotopic (exact) mass is 471 g/mol. The lowest BCUT2D eigenvalue weighted by molar-refractivity contribution is -0.111. The van der Waals surface area contributed by atoms with Crippen LogP contribution < -0.4 is 19.5 Å². The summed E-state index contributed by atoms with van der Waals surface area (Å²) in [5, 5.41) is 3.83. The summed E-state index contributed by atoms with van der Waals surface area (Å²) < 4.78 is 22.7. The van der Waals surface area contributed by atoms with Crippen molar-refractivity contribution in [1.82, 2.24) is 0 Å². The fraction of sp³-hybridized carbons (Fsp3) is 0.207. The van der Waals surface area contributed by atoms with Crippen LogP contribution in [0, 0.1) is 6.92 Å². The smallest absolute Gasteiger partial charge is 0.248 e. The molecule has 0 saturated carbocycles. The number of anilines is 1. The molecule has 1 heterocycles. The Morgan fingerprint density at radius 2 is 1.86 bits per heavy atom. The zero-order valence-electron chi connectivity index (χ0n) is 20.6. The number of hydrogen-bond donors (Lipinski definition) is 1. The van der Waals surface area contributed by atoms with Gasteiger partial charge in [-0.3, -0.25) is 4.79 Å². The van der Waals surface area contributed by atoms with Crippen LogP contribution in [0.5, 0.6) is 17.2 Å². The second-order valence-electron chi connectivity index (χ2n) is 8.09. The van der Waals surface area contributed by atoms with E-state index in [-0.39, 0.29) is 5.91 Å². The quantitative estimate of drug-likeness (QED) is 0.284. The Bertz CT molecular complexity index is 1400. The van der Waals surface area contributed by atoms with E-state index in [9.17, 15) is 4.79 Å². The van der Waals surface area contributed by atoms with E-state index in [1.165, 1.54) is 0 Å². The summed E-state index contributed by atoms with van der Waals surface area (Å²) in [5.74, 6) is 1.81. The van der Waals surface area contributed by atoms with E-state index < -0.39 is 0 Å². The second-order valence-corrected chi connectivity index (χ2v) is 8.09. The summed E-state index contributed by atoms with van der Waals surface area (Å²) in [4.78, 5) is 12.9. The molecular weight excluding hydrogens is 442 g/mol. The first kappa shape index (κ1) is 24.0. The van der Waals surface area contributed by atoms with Crippen LogP contribution in [-0.4, -0.2) is 26.7 Å². The first-order chi connectivity index (χ1) is 17.0. The fourth-order valence-corrected chi connectivity index (χ4v) is 4.14. The van der Waals surface area contributed by atoms with Crippen LogP contribution in [0.4, 0.5) is 5.69 Å². The molecule has 6 heteroatoms. The SMILES string of the molecule is CCOc1c(/C(C)=C/C(=O)Nc2ccccc2OC)cc2c(-c3cccc(OC)c3)coc2c1C. The lowest BCUT2D eigenvalue weighted by Gasteiger charge is -2.15. The number of hydrogen-bond acceptors (Lipinski definition) is 5. The van der Waals surface area contributed by atoms with Gasteiger partial charge in [0.05, 0.1) is 32.8 Å². The minimum absolute atomic E-state index is 0.257. The largest absolute Gasteiger partial charge is 0.497 e. The van der Waals surface area contributed by atoms with Crippen molar-refractivity contribution in [2.45, 2.75) is 20.8 Å². The molecule has 0 atom stereocenters. The van der Waals surface area contributed by atoms with Gasteiger partial charge in [0.1, 0.15) is 22.8 Å². The number of benzene rings is 3. The zero-order chi connectivity index (χ0) is 24.9. The molecular formula is C29H29NO5. The van der Waals surface area contributed by atoms with Gasteiger partial charge in [-0.1, -0.05) is 24.3 Å². The first-order valence-corrected chi connectivity index (χ1v) is 11.4. The molecule has 0 radical (unpaired) electrons. The molecule has 6 nitrogen and oxygen atoms in total. The summed E-state index contributed by atoms with van der Waals surface area (Å²) in [5.41, 5.74) is 5.76. The third kappa shape index (κ3) is 4.87. The van der Waals surface area contributed by atoms with Crippen molar-refractivity contribution in [1.29, 1.82) is 0 Å². The van der Waals surface area contributed by atoms with Crippen LogP contribution in [0.15, 0.2) is 71.4 Å². The third-order valence-corrected chi connectivity index (χ3v) is 5.85. The molecule has 4 aromatic rings. The second kappa shape index (κ2) is 10.4. The number of rotatable bonds is 8. The third-order valence-electron chi connectivity index (χ3n) is 5.85. The van der Waals surface area contributed by atoms with Gasteiger partial charge in [0.2, 0.25) is 5.91 Å². The van der Waals surface area contributed by atoms with Crippen molar-refractivity contribution in [3.8, 4) is 28.4 Å². The molecule has 0 bridgehead atoms. The maximum Gasteiger partial charge on any atom is 0.248 e. The molecule has 1 N–H and O–H groups in total. The Balaban J connectivity index is 1.78. The minimum atomic E-state index is -0.257. The van der Waals surface area contributed by atoms with Gasteiger partial charge < -0.3 is 23.9 Å². The summed E-state index contributed by atoms with van der Waals surface area (Å²) in [7, 11) is 3.22. The highest BCUT2D eigenvalue weighted by molar-refractivity contribution is 6.06. The summed E-state index contributed by atoms with van der Waals surface area (Å²) in [6.45, 7) is 6.29. The summed E-state index contributed by atoms with van der Waals surface area (Å²) in [6.07, 6.45) is 3.32. The molecule has 0 aliphatic heterocycles. The van der Waals surface area contributed by atoms with Gasteiger partial charge in [-0.2, -0.15) is 0 Å². The predicted octanol–water partition coefficient (Wildman–Crippen LogP) is 6.87. The Kier molecular flexibility index (Phi) is 7.11. The van der Waals surface area contributed by atoms with Crippen LogP contribution in [0.25, 0.3) is 27.7 Å². The molecule has 0 spiro atoms. The number of fused-ring (bicyclic) bond motifs is 1. The number of aryl methyl sites for hydroxylation is 1. The van der Waals surface area contributed by atoms with Crippen molar-refractivity contribution in [3.63, 3.8) is 0 Å². The average Bonchev–Trinajstić information content (AvgIpc) is 3.30. The maximum absolute atomic E-state index is 12.9. The van der Waals surface area contributed by atoms with E-state index >= 15 is 0 Å². The number of furan rings is 1. The molecule has 180 valence electrons. The molecule has 0 saturated heterocycles. The Morgan fingerprint density at radius 3 is 2.60 bits per heavy atom. The number of ether oxygens (including phenoxy) is 3. The van der Waals surface area contributed by atoms with E-state index in [0.717, 1.165) is 44.5 Å². The first-order valence-electron chi connectivity index (χ1n) is 11.4. The van der Waals surface area contributed by atoms with Crippen LogP contribution in [0.1, 0.15) is 25.0 Å². The van der Waals surface area contributed by atoms with Gasteiger partial charge in [0.25, 0.3) is 0 Å². The van der Waals surface area contributed by atoms with Crippen molar-refractivity contribution in [2.75, 3.05) is 26.1 Å². The van der Waals surface area contributed by atoms with Gasteiger partial charge in [0.15, 0.2) is 0 Å². The molecule has 1 amide bonds. The van der Waals surface area contributed by atoms with Crippen molar-refractivity contribution in [2.24, 2.45) is 0 Å². The predicted molar refractivity (Wildman–Crippen MR) is 139 cm³/mol. The maximum atomic E-state index is 12.9. The van der Waals surface area contributed by atoms with E-state index in [1.54, 1.807) is 38.7 Å². The molecule has 0 unspecified atom stereocenters. The van der Waals surface area contributed by atoms with E-state index in [4.69, 9.17) is 18.6 Å². The minimum Gasteiger partial charge on any atom is -0.497 e. The van der Waals surface area contributed by atoms with E-state index in [1.807, 2.05) is 63.2 Å². The lowest BCUT2D eigenvalue weighted by Crippen LogP contribution is -2.10. The fourth-order valence-electron chi connectivity index (χ4n) is 4.14. The Morgan fingerprint density at radius 1 is 1.06 bits per heavy atom. The number of carbonyl (C=O) groups excluding carboxylic acids is 1. The molecule has 0 fully saturated rings. The van der Waals surface area contributed by atoms with Gasteiger partial charge in [0, 0.05) is 28.2 Å². The zero-order valence-corrected chi connectivity index (χ0v) is 20.6. The van der Waals surface area contributed by atoms with Gasteiger partial charge >= 0.3 is 0 Å². The molecule has 0 aliphatic carbocycles. The normalized spacial score (nSPS) is 11.4. The van der Waals surface area contributed by atoms with Gasteiger partial charge in [-0.25, -0.2) is 0 Å². The topological polar surface area (TPSA) is 69.9 Å². The van der Waals surface area contributed by atoms with E-state index in [2.05, 4.69) is 5.32 Å². The highest BCUT2D eigenvalue weighted by atomic mass is 16.5. The van der Waals surface area contributed by atoms with Crippen molar-refractivity contribution >= 4 is 28.1 Å². The van der Waals surface area contributed by atoms with Gasteiger partial charge in [-0.05, 0) is 62.2 Å². The summed E-state index contributed by atoms with van der Waals surface area (Å²) >= 11 is 0. The summed E-state index contributed by atoms with van der Waals surface area (Å²) in [6, 6.07) is 17.2. The number of carbonyl (C=O) groups is 1. The number of methoxy groups -OCH3 is 2. The van der Waals surface area contributed by atoms with Crippen LogP contribution >= 0.6 is 0 Å². The number of allylic oxidation sites excluding steroid dienone is 1.